The highest BCUT2D eigenvalue weighted by Crippen LogP contribution is 2.20. The number of nitrogens with zero attached hydrogens (tertiary/aromatic N) is 1. The number of piperidine rings is 1. The first kappa shape index (κ1) is 17.7. The maximum atomic E-state index is 12.1. The first-order chi connectivity index (χ1) is 12.2. The van der Waals surface area contributed by atoms with Crippen molar-refractivity contribution < 1.29 is 14.3 Å². The Balaban J connectivity index is 1.26. The maximum absolute atomic E-state index is 12.1. The van der Waals surface area contributed by atoms with Crippen LogP contribution >= 0.6 is 0 Å². The van der Waals surface area contributed by atoms with Gasteiger partial charge in [-0.25, -0.2) is 4.79 Å². The highest BCUT2D eigenvalue weighted by atomic mass is 16.5. The SMILES string of the molecule is O=C(NC1CC(NCC(=O)N2CCCCC2)C1)OCc1ccccc1. The molecule has 1 saturated carbocycles. The summed E-state index contributed by atoms with van der Waals surface area (Å²) < 4.78 is 5.22. The standard InChI is InChI=1S/C19H27N3O3/c23-18(22-9-5-2-6-10-22)13-20-16-11-17(12-16)21-19(24)25-14-15-7-3-1-4-8-15/h1,3-4,7-8,16-17,20H,2,5-6,9-14H2,(H,21,24). The van der Waals surface area contributed by atoms with Crippen LogP contribution in [0.4, 0.5) is 4.79 Å². The molecule has 0 aromatic heterocycles. The normalized spacial score (nSPS) is 22.8. The van der Waals surface area contributed by atoms with Gasteiger partial charge >= 0.3 is 6.09 Å². The van der Waals surface area contributed by atoms with Gasteiger partial charge in [-0.1, -0.05) is 30.3 Å². The number of alkyl carbamates (subject to hydrolysis) is 1. The third-order valence-electron chi connectivity index (χ3n) is 4.92. The molecule has 0 atom stereocenters. The summed E-state index contributed by atoms with van der Waals surface area (Å²) in [6.45, 7) is 2.46. The molecule has 6 heteroatoms. The van der Waals surface area contributed by atoms with Gasteiger partial charge in [0.2, 0.25) is 5.91 Å². The van der Waals surface area contributed by atoms with Gasteiger partial charge < -0.3 is 20.3 Å². The minimum Gasteiger partial charge on any atom is -0.445 e. The molecule has 2 aliphatic rings. The molecule has 3 rings (SSSR count). The van der Waals surface area contributed by atoms with Crippen molar-refractivity contribution in [2.45, 2.75) is 50.8 Å². The summed E-state index contributed by atoms with van der Waals surface area (Å²) in [5.74, 6) is 0.193. The highest BCUT2D eigenvalue weighted by molar-refractivity contribution is 5.78. The minimum absolute atomic E-state index is 0.130. The number of ether oxygens (including phenoxy) is 1. The van der Waals surface area contributed by atoms with Crippen LogP contribution in [0.5, 0.6) is 0 Å². The lowest BCUT2D eigenvalue weighted by molar-refractivity contribution is -0.131. The van der Waals surface area contributed by atoms with Crippen LogP contribution in [-0.2, 0) is 16.1 Å². The van der Waals surface area contributed by atoms with Crippen molar-refractivity contribution in [2.75, 3.05) is 19.6 Å². The Morgan fingerprint density at radius 1 is 1.04 bits per heavy atom. The quantitative estimate of drug-likeness (QED) is 0.828. The number of hydrogen-bond acceptors (Lipinski definition) is 4. The van der Waals surface area contributed by atoms with E-state index in [0.717, 1.165) is 44.3 Å². The molecule has 0 spiro atoms. The molecular weight excluding hydrogens is 318 g/mol. The first-order valence-corrected chi connectivity index (χ1v) is 9.19. The van der Waals surface area contributed by atoms with Crippen LogP contribution in [0.2, 0.25) is 0 Å². The summed E-state index contributed by atoms with van der Waals surface area (Å²) in [7, 11) is 0. The lowest BCUT2D eigenvalue weighted by Crippen LogP contribution is -2.54. The summed E-state index contributed by atoms with van der Waals surface area (Å²) >= 11 is 0. The second-order valence-corrected chi connectivity index (χ2v) is 6.89. The third-order valence-corrected chi connectivity index (χ3v) is 4.92. The van der Waals surface area contributed by atoms with Crippen LogP contribution in [-0.4, -0.2) is 48.6 Å². The number of carbonyl (C=O) groups is 2. The number of nitrogens with one attached hydrogen (secondary N) is 2. The van der Waals surface area contributed by atoms with E-state index in [4.69, 9.17) is 4.74 Å². The van der Waals surface area contributed by atoms with E-state index >= 15 is 0 Å². The van der Waals surface area contributed by atoms with Crippen LogP contribution in [0.1, 0.15) is 37.7 Å². The molecule has 2 amide bonds. The number of likely N-dealkylation sites (tertiary alicyclic amines) is 1. The van der Waals surface area contributed by atoms with Gasteiger partial charge in [0, 0.05) is 25.2 Å². The molecule has 25 heavy (non-hydrogen) atoms. The van der Waals surface area contributed by atoms with E-state index in [9.17, 15) is 9.59 Å². The first-order valence-electron chi connectivity index (χ1n) is 9.19. The summed E-state index contributed by atoms with van der Waals surface area (Å²) in [5, 5.41) is 6.17. The van der Waals surface area contributed by atoms with E-state index in [0.29, 0.717) is 12.6 Å². The van der Waals surface area contributed by atoms with Crippen molar-refractivity contribution in [3.8, 4) is 0 Å². The zero-order chi connectivity index (χ0) is 17.5. The van der Waals surface area contributed by atoms with Crippen molar-refractivity contribution in [3.63, 3.8) is 0 Å². The summed E-state index contributed by atoms with van der Waals surface area (Å²) in [5.41, 5.74) is 0.974. The molecule has 1 heterocycles. The molecule has 1 aliphatic carbocycles. The smallest absolute Gasteiger partial charge is 0.407 e. The molecule has 0 unspecified atom stereocenters. The van der Waals surface area contributed by atoms with Crippen molar-refractivity contribution in [3.05, 3.63) is 35.9 Å². The second-order valence-electron chi connectivity index (χ2n) is 6.89. The Hall–Kier alpha value is -2.08. The van der Waals surface area contributed by atoms with Gasteiger partial charge in [-0.05, 0) is 37.7 Å². The van der Waals surface area contributed by atoms with Crippen molar-refractivity contribution in [1.29, 1.82) is 0 Å². The minimum atomic E-state index is -0.378. The topological polar surface area (TPSA) is 70.7 Å². The fraction of sp³-hybridized carbons (Fsp3) is 0.579. The lowest BCUT2D eigenvalue weighted by Gasteiger charge is -2.36. The number of rotatable bonds is 6. The molecular formula is C19H27N3O3. The number of amides is 2. The summed E-state index contributed by atoms with van der Waals surface area (Å²) in [6.07, 6.45) is 4.77. The van der Waals surface area contributed by atoms with Crippen molar-refractivity contribution >= 4 is 12.0 Å². The molecule has 1 aliphatic heterocycles. The van der Waals surface area contributed by atoms with Crippen LogP contribution in [0, 0.1) is 0 Å². The van der Waals surface area contributed by atoms with Crippen molar-refractivity contribution in [2.24, 2.45) is 0 Å². The molecule has 6 nitrogen and oxygen atoms in total. The number of hydrogen-bond donors (Lipinski definition) is 2. The Bertz CT molecular complexity index is 567. The molecule has 0 bridgehead atoms. The fourth-order valence-corrected chi connectivity index (χ4v) is 3.32. The van der Waals surface area contributed by atoms with E-state index < -0.39 is 0 Å². The zero-order valence-corrected chi connectivity index (χ0v) is 14.6. The van der Waals surface area contributed by atoms with E-state index in [1.54, 1.807) is 0 Å². The predicted octanol–water partition coefficient (Wildman–Crippen LogP) is 2.05. The van der Waals surface area contributed by atoms with Gasteiger partial charge in [0.25, 0.3) is 0 Å². The third kappa shape index (κ3) is 5.46. The van der Waals surface area contributed by atoms with Gasteiger partial charge in [-0.3, -0.25) is 4.79 Å². The number of carbonyl (C=O) groups excluding carboxylic acids is 2. The predicted molar refractivity (Wildman–Crippen MR) is 95.0 cm³/mol. The van der Waals surface area contributed by atoms with Crippen molar-refractivity contribution in [1.82, 2.24) is 15.5 Å². The molecule has 136 valence electrons. The number of benzene rings is 1. The second kappa shape index (κ2) is 8.85. The molecule has 2 N–H and O–H groups in total. The van der Waals surface area contributed by atoms with Crippen LogP contribution < -0.4 is 10.6 Å². The van der Waals surface area contributed by atoms with Crippen LogP contribution in [0.3, 0.4) is 0 Å². The zero-order valence-electron chi connectivity index (χ0n) is 14.6. The Morgan fingerprint density at radius 3 is 2.48 bits per heavy atom. The van der Waals surface area contributed by atoms with Gasteiger partial charge in [0.1, 0.15) is 6.61 Å². The average Bonchev–Trinajstić information content (AvgIpc) is 2.63. The average molecular weight is 345 g/mol. The van der Waals surface area contributed by atoms with Crippen LogP contribution in [0.25, 0.3) is 0 Å². The van der Waals surface area contributed by atoms with E-state index in [-0.39, 0.29) is 24.6 Å². The van der Waals surface area contributed by atoms with E-state index in [1.165, 1.54) is 6.42 Å². The fourth-order valence-electron chi connectivity index (χ4n) is 3.32. The molecule has 1 aromatic rings. The van der Waals surface area contributed by atoms with E-state index in [1.807, 2.05) is 35.2 Å². The summed E-state index contributed by atoms with van der Waals surface area (Å²) in [6, 6.07) is 10.1. The van der Waals surface area contributed by atoms with Gasteiger partial charge in [0.05, 0.1) is 6.54 Å². The van der Waals surface area contributed by atoms with Crippen LogP contribution in [0.15, 0.2) is 30.3 Å². The maximum Gasteiger partial charge on any atom is 0.407 e. The van der Waals surface area contributed by atoms with Gasteiger partial charge in [-0.2, -0.15) is 0 Å². The van der Waals surface area contributed by atoms with E-state index in [2.05, 4.69) is 10.6 Å². The monoisotopic (exact) mass is 345 g/mol. The molecule has 0 radical (unpaired) electrons. The molecule has 2 fully saturated rings. The molecule has 1 aromatic carbocycles. The molecule has 1 saturated heterocycles. The largest absolute Gasteiger partial charge is 0.445 e. The lowest BCUT2D eigenvalue weighted by atomic mass is 9.87. The highest BCUT2D eigenvalue weighted by Gasteiger charge is 2.31. The van der Waals surface area contributed by atoms with Gasteiger partial charge in [0.15, 0.2) is 0 Å². The summed E-state index contributed by atoms with van der Waals surface area (Å²) in [4.78, 5) is 25.8. The Morgan fingerprint density at radius 2 is 1.76 bits per heavy atom. The Kier molecular flexibility index (Phi) is 6.28. The van der Waals surface area contributed by atoms with Gasteiger partial charge in [-0.15, -0.1) is 0 Å². The Labute approximate surface area is 148 Å².